The van der Waals surface area contributed by atoms with E-state index in [4.69, 9.17) is 0 Å². The van der Waals surface area contributed by atoms with Crippen molar-refractivity contribution < 1.29 is 4.79 Å². The predicted molar refractivity (Wildman–Crippen MR) is 77.3 cm³/mol. The van der Waals surface area contributed by atoms with Gasteiger partial charge in [0.25, 0.3) is 5.91 Å². The Hall–Kier alpha value is -0.960. The Morgan fingerprint density at radius 1 is 1.33 bits per heavy atom. The smallest absolute Gasteiger partial charge is 0.255 e. The van der Waals surface area contributed by atoms with Crippen LogP contribution in [0.5, 0.6) is 0 Å². The Kier molecular flexibility index (Phi) is 3.71. The molecule has 1 aromatic carbocycles. The highest BCUT2D eigenvalue weighted by Gasteiger charge is 2.33. The normalized spacial score (nSPS) is 15.8. The lowest BCUT2D eigenvalue weighted by Gasteiger charge is -2.39. The van der Waals surface area contributed by atoms with Crippen molar-refractivity contribution in [3.63, 3.8) is 0 Å². The van der Waals surface area contributed by atoms with Crippen molar-refractivity contribution in [3.8, 4) is 0 Å². The van der Waals surface area contributed by atoms with Crippen LogP contribution in [0.15, 0.2) is 23.1 Å². The van der Waals surface area contributed by atoms with Gasteiger partial charge in [0.05, 0.1) is 5.56 Å². The van der Waals surface area contributed by atoms with E-state index in [9.17, 15) is 4.79 Å². The van der Waals surface area contributed by atoms with Crippen molar-refractivity contribution in [2.24, 2.45) is 0 Å². The number of benzene rings is 1. The van der Waals surface area contributed by atoms with Crippen molar-refractivity contribution in [1.82, 2.24) is 4.90 Å². The Morgan fingerprint density at radius 3 is 2.67 bits per heavy atom. The van der Waals surface area contributed by atoms with Gasteiger partial charge in [-0.2, -0.15) is 0 Å². The molecule has 1 amide bonds. The Morgan fingerprint density at radius 2 is 2.06 bits per heavy atom. The zero-order valence-electron chi connectivity index (χ0n) is 11.6. The minimum Gasteiger partial charge on any atom is -0.333 e. The Labute approximate surface area is 114 Å². The minimum absolute atomic E-state index is 0.0984. The lowest BCUT2D eigenvalue weighted by atomic mass is 9.94. The zero-order chi connectivity index (χ0) is 13.3. The quantitative estimate of drug-likeness (QED) is 0.760. The highest BCUT2D eigenvalue weighted by Crippen LogP contribution is 2.32. The van der Waals surface area contributed by atoms with E-state index in [1.54, 1.807) is 11.8 Å². The predicted octanol–water partition coefficient (Wildman–Crippen LogP) is 3.60. The molecule has 0 unspecified atom stereocenters. The molecular weight excluding hydrogens is 242 g/mol. The Bertz CT molecular complexity index is 462. The fraction of sp³-hybridized carbons (Fsp3) is 0.533. The summed E-state index contributed by atoms with van der Waals surface area (Å²) in [5.74, 6) is 1.19. The number of carbonyl (C=O) groups is 1. The molecule has 0 spiro atoms. The number of thioether (sulfide) groups is 1. The first-order chi connectivity index (χ1) is 8.45. The number of carbonyl (C=O) groups excluding carboxylic acids is 1. The molecule has 2 rings (SSSR count). The summed E-state index contributed by atoms with van der Waals surface area (Å²) in [6.07, 6.45) is 0.969. The molecular formula is C15H21NOS. The van der Waals surface area contributed by atoms with E-state index in [2.05, 4.69) is 45.9 Å². The average Bonchev–Trinajstić information content (AvgIpc) is 2.28. The van der Waals surface area contributed by atoms with Crippen LogP contribution < -0.4 is 0 Å². The summed E-state index contributed by atoms with van der Waals surface area (Å²) < 4.78 is 0. The Balaban J connectivity index is 2.44. The molecule has 2 nitrogen and oxygen atoms in total. The summed E-state index contributed by atoms with van der Waals surface area (Å²) in [7, 11) is 0. The average molecular weight is 263 g/mol. The number of rotatable bonds is 2. The molecule has 0 N–H and O–H groups in total. The molecule has 0 saturated carbocycles. The second kappa shape index (κ2) is 4.96. The zero-order valence-corrected chi connectivity index (χ0v) is 12.4. The van der Waals surface area contributed by atoms with Gasteiger partial charge in [-0.05, 0) is 44.6 Å². The second-order valence-electron chi connectivity index (χ2n) is 5.60. The van der Waals surface area contributed by atoms with Crippen molar-refractivity contribution in [2.75, 3.05) is 12.3 Å². The maximum Gasteiger partial charge on any atom is 0.255 e. The molecule has 0 fully saturated rings. The molecule has 0 saturated heterocycles. The molecule has 3 heteroatoms. The number of amides is 1. The van der Waals surface area contributed by atoms with Gasteiger partial charge in [0.15, 0.2) is 0 Å². The van der Waals surface area contributed by atoms with Gasteiger partial charge in [0.1, 0.15) is 0 Å². The monoisotopic (exact) mass is 263 g/mol. The maximum atomic E-state index is 12.7. The standard InChI is InChI=1S/C15H21NOS/c1-5-18-12-8-6-7-11-9-10-16(15(2,3)4)14(17)13(11)12/h6-8H,5,9-10H2,1-4H3. The summed E-state index contributed by atoms with van der Waals surface area (Å²) in [5.41, 5.74) is 2.04. The molecule has 1 heterocycles. The van der Waals surface area contributed by atoms with Gasteiger partial charge in [-0.15, -0.1) is 11.8 Å². The molecule has 0 bridgehead atoms. The first kappa shape index (κ1) is 13.5. The summed E-state index contributed by atoms with van der Waals surface area (Å²) in [5, 5.41) is 0. The molecule has 1 aliphatic heterocycles. The maximum absolute atomic E-state index is 12.7. The summed E-state index contributed by atoms with van der Waals surface area (Å²) in [4.78, 5) is 15.8. The fourth-order valence-electron chi connectivity index (χ4n) is 2.41. The number of nitrogens with zero attached hydrogens (tertiary/aromatic N) is 1. The van der Waals surface area contributed by atoms with Crippen molar-refractivity contribution in [3.05, 3.63) is 29.3 Å². The van der Waals surface area contributed by atoms with Gasteiger partial charge in [-0.25, -0.2) is 0 Å². The molecule has 0 aliphatic carbocycles. The van der Waals surface area contributed by atoms with E-state index in [1.807, 2.05) is 4.90 Å². The van der Waals surface area contributed by atoms with Gasteiger partial charge < -0.3 is 4.90 Å². The third-order valence-corrected chi connectivity index (χ3v) is 4.23. The third kappa shape index (κ3) is 2.41. The number of fused-ring (bicyclic) bond motifs is 1. The topological polar surface area (TPSA) is 20.3 Å². The highest BCUT2D eigenvalue weighted by atomic mass is 32.2. The van der Waals surface area contributed by atoms with E-state index in [0.29, 0.717) is 0 Å². The van der Waals surface area contributed by atoms with Crippen LogP contribution in [0.25, 0.3) is 0 Å². The number of hydrogen-bond donors (Lipinski definition) is 0. The van der Waals surface area contributed by atoms with Gasteiger partial charge in [0, 0.05) is 17.0 Å². The summed E-state index contributed by atoms with van der Waals surface area (Å²) in [6.45, 7) is 9.26. The summed E-state index contributed by atoms with van der Waals surface area (Å²) >= 11 is 1.76. The molecule has 98 valence electrons. The first-order valence-corrected chi connectivity index (χ1v) is 7.50. The van der Waals surface area contributed by atoms with Crippen LogP contribution in [-0.2, 0) is 6.42 Å². The van der Waals surface area contributed by atoms with Gasteiger partial charge in [-0.3, -0.25) is 4.79 Å². The molecule has 0 aromatic heterocycles. The van der Waals surface area contributed by atoms with E-state index in [-0.39, 0.29) is 11.4 Å². The molecule has 1 aromatic rings. The largest absolute Gasteiger partial charge is 0.333 e. The lowest BCUT2D eigenvalue weighted by molar-refractivity contribution is 0.0557. The fourth-order valence-corrected chi connectivity index (χ4v) is 3.26. The van der Waals surface area contributed by atoms with Crippen LogP contribution in [0.3, 0.4) is 0 Å². The molecule has 0 radical (unpaired) electrons. The van der Waals surface area contributed by atoms with Crippen molar-refractivity contribution >= 4 is 17.7 Å². The lowest BCUT2D eigenvalue weighted by Crippen LogP contribution is -2.49. The van der Waals surface area contributed by atoms with Gasteiger partial charge in [-0.1, -0.05) is 19.1 Å². The second-order valence-corrected chi connectivity index (χ2v) is 6.91. The SMILES string of the molecule is CCSc1cccc2c1C(=O)N(C(C)(C)C)CC2. The van der Waals surface area contributed by atoms with Crippen LogP contribution >= 0.6 is 11.8 Å². The van der Waals surface area contributed by atoms with Crippen LogP contribution in [0.1, 0.15) is 43.6 Å². The van der Waals surface area contributed by atoms with Gasteiger partial charge >= 0.3 is 0 Å². The first-order valence-electron chi connectivity index (χ1n) is 6.52. The van der Waals surface area contributed by atoms with E-state index in [1.165, 1.54) is 5.56 Å². The summed E-state index contributed by atoms with van der Waals surface area (Å²) in [6, 6.07) is 6.22. The van der Waals surface area contributed by atoms with Crippen LogP contribution in [0, 0.1) is 0 Å². The number of hydrogen-bond acceptors (Lipinski definition) is 2. The minimum atomic E-state index is -0.0984. The van der Waals surface area contributed by atoms with Gasteiger partial charge in [0.2, 0.25) is 0 Å². The molecule has 0 atom stereocenters. The van der Waals surface area contributed by atoms with Crippen molar-refractivity contribution in [2.45, 2.75) is 44.6 Å². The van der Waals surface area contributed by atoms with E-state index < -0.39 is 0 Å². The molecule has 18 heavy (non-hydrogen) atoms. The molecule has 1 aliphatic rings. The highest BCUT2D eigenvalue weighted by molar-refractivity contribution is 7.99. The van der Waals surface area contributed by atoms with Crippen LogP contribution in [0.2, 0.25) is 0 Å². The van der Waals surface area contributed by atoms with Crippen LogP contribution in [-0.4, -0.2) is 28.6 Å². The van der Waals surface area contributed by atoms with Crippen molar-refractivity contribution in [1.29, 1.82) is 0 Å². The third-order valence-electron chi connectivity index (χ3n) is 3.29. The van der Waals surface area contributed by atoms with E-state index >= 15 is 0 Å². The van der Waals surface area contributed by atoms with E-state index in [0.717, 1.165) is 29.2 Å². The van der Waals surface area contributed by atoms with Crippen LogP contribution in [0.4, 0.5) is 0 Å².